The average molecular weight is 351 g/mol. The molecule has 1 N–H and O–H groups in total. The average Bonchev–Trinajstić information content (AvgIpc) is 2.52. The van der Waals surface area contributed by atoms with Crippen LogP contribution < -0.4 is 17.3 Å². The number of benzene rings is 1. The van der Waals surface area contributed by atoms with Gasteiger partial charge in [0.25, 0.3) is 0 Å². The highest BCUT2D eigenvalue weighted by Gasteiger charge is 2.40. The van der Waals surface area contributed by atoms with Crippen molar-refractivity contribution in [2.75, 3.05) is 26.7 Å². The van der Waals surface area contributed by atoms with Gasteiger partial charge in [-0.1, -0.05) is 12.1 Å². The highest BCUT2D eigenvalue weighted by Crippen LogP contribution is 2.18. The van der Waals surface area contributed by atoms with Crippen LogP contribution in [0.2, 0.25) is 0 Å². The maximum absolute atomic E-state index is 12.3. The summed E-state index contributed by atoms with van der Waals surface area (Å²) in [7, 11) is 1.18. The third kappa shape index (κ3) is 5.70. The minimum absolute atomic E-state index is 0. The van der Waals surface area contributed by atoms with E-state index in [1.807, 2.05) is 24.3 Å². The molecule has 1 aliphatic rings. The summed E-state index contributed by atoms with van der Waals surface area (Å²) in [6.45, 7) is 2.35. The van der Waals surface area contributed by atoms with Crippen LogP contribution in [0.4, 0.5) is 18.9 Å². The minimum atomic E-state index is -4.80. The van der Waals surface area contributed by atoms with Crippen molar-refractivity contribution in [3.63, 3.8) is 0 Å². The van der Waals surface area contributed by atoms with Crippen molar-refractivity contribution in [1.29, 1.82) is 0 Å². The molecule has 23 heavy (non-hydrogen) atoms. The van der Waals surface area contributed by atoms with Gasteiger partial charge in [-0.2, -0.15) is 13.2 Å². The van der Waals surface area contributed by atoms with Crippen LogP contribution in [-0.4, -0.2) is 43.7 Å². The predicted octanol–water partition coefficient (Wildman–Crippen LogP) is -1.05. The van der Waals surface area contributed by atoms with Crippen LogP contribution in [0, 0.1) is 0 Å². The monoisotopic (exact) mass is 350 g/mol. The molecule has 0 radical (unpaired) electrons. The molecule has 130 valence electrons. The van der Waals surface area contributed by atoms with Crippen LogP contribution in [0.15, 0.2) is 24.3 Å². The number of piperidine rings is 1. The maximum atomic E-state index is 12.3. The maximum Gasteiger partial charge on any atom is 0.471 e. The zero-order chi connectivity index (χ0) is 16.2. The van der Waals surface area contributed by atoms with Gasteiger partial charge in [0.05, 0.1) is 13.1 Å². The summed E-state index contributed by atoms with van der Waals surface area (Å²) in [4.78, 5) is 13.2. The molecule has 1 saturated heterocycles. The minimum Gasteiger partial charge on any atom is -1.00 e. The number of hydrogen-bond donors (Lipinski definition) is 1. The second-order valence-corrected chi connectivity index (χ2v) is 5.84. The first-order valence-electron chi connectivity index (χ1n) is 7.64. The first kappa shape index (κ1) is 19.8. The van der Waals surface area contributed by atoms with Crippen molar-refractivity contribution in [3.8, 4) is 0 Å². The second-order valence-electron chi connectivity index (χ2n) is 5.84. The van der Waals surface area contributed by atoms with E-state index in [2.05, 4.69) is 0 Å². The number of quaternary nitrogens is 1. The molecule has 1 fully saturated rings. The summed E-state index contributed by atoms with van der Waals surface area (Å²) >= 11 is 0. The summed E-state index contributed by atoms with van der Waals surface area (Å²) in [6, 6.07) is 7.98. The summed E-state index contributed by atoms with van der Waals surface area (Å²) < 4.78 is 36.9. The highest BCUT2D eigenvalue weighted by atomic mass is 35.5. The lowest BCUT2D eigenvalue weighted by Crippen LogP contribution is -3.08. The molecular formula is C16H22ClF3N2O. The van der Waals surface area contributed by atoms with Crippen molar-refractivity contribution in [3.05, 3.63) is 29.8 Å². The molecule has 0 bridgehead atoms. The molecule has 3 nitrogen and oxygen atoms in total. The number of carbonyl (C=O) groups is 1. The quantitative estimate of drug-likeness (QED) is 0.737. The Morgan fingerprint density at radius 1 is 1.13 bits per heavy atom. The van der Waals surface area contributed by atoms with Crippen LogP contribution >= 0.6 is 0 Å². The predicted molar refractivity (Wildman–Crippen MR) is 78.0 cm³/mol. The number of amides is 1. The van der Waals surface area contributed by atoms with E-state index >= 15 is 0 Å². The van der Waals surface area contributed by atoms with Crippen LogP contribution in [0.5, 0.6) is 0 Å². The molecule has 0 aromatic heterocycles. The van der Waals surface area contributed by atoms with E-state index < -0.39 is 12.1 Å². The lowest BCUT2D eigenvalue weighted by molar-refractivity contribution is -0.838. The normalized spacial score (nSPS) is 15.8. The molecule has 1 aromatic carbocycles. The van der Waals surface area contributed by atoms with Crippen molar-refractivity contribution < 1.29 is 35.3 Å². The summed E-state index contributed by atoms with van der Waals surface area (Å²) in [5.74, 6) is -1.79. The van der Waals surface area contributed by atoms with Crippen LogP contribution in [0.25, 0.3) is 0 Å². The molecule has 0 atom stereocenters. The Morgan fingerprint density at radius 2 is 1.70 bits per heavy atom. The van der Waals surface area contributed by atoms with Gasteiger partial charge in [-0.05, 0) is 43.4 Å². The Hall–Kier alpha value is -1.27. The van der Waals surface area contributed by atoms with Gasteiger partial charge in [-0.3, -0.25) is 4.79 Å². The first-order chi connectivity index (χ1) is 10.4. The van der Waals surface area contributed by atoms with Gasteiger partial charge in [-0.15, -0.1) is 0 Å². The standard InChI is InChI=1S/C16H21F3N2O.ClH/c1-20(15(22)16(17,18)19)12-9-13-5-7-14(8-6-13)21-10-3-2-4-11-21;/h5-8H,2-4,9-12H2,1H3;1H. The molecule has 7 heteroatoms. The highest BCUT2D eigenvalue weighted by molar-refractivity contribution is 5.81. The molecule has 0 aliphatic carbocycles. The number of halogens is 4. The third-order valence-corrected chi connectivity index (χ3v) is 4.14. The molecule has 1 aliphatic heterocycles. The van der Waals surface area contributed by atoms with E-state index in [9.17, 15) is 18.0 Å². The Balaban J connectivity index is 0.00000264. The zero-order valence-corrected chi connectivity index (χ0v) is 13.9. The largest absolute Gasteiger partial charge is 1.00 e. The molecule has 0 spiro atoms. The number of nitrogens with one attached hydrogen (secondary N) is 1. The van der Waals surface area contributed by atoms with Crippen LogP contribution in [0.1, 0.15) is 24.8 Å². The van der Waals surface area contributed by atoms with Crippen LogP contribution in [-0.2, 0) is 11.2 Å². The number of alkyl halides is 3. The van der Waals surface area contributed by atoms with Crippen molar-refractivity contribution in [2.45, 2.75) is 31.9 Å². The van der Waals surface area contributed by atoms with Crippen molar-refractivity contribution >= 4 is 11.6 Å². The Labute approximate surface area is 140 Å². The molecular weight excluding hydrogens is 329 g/mol. The Kier molecular flexibility index (Phi) is 7.35. The number of hydrogen-bond acceptors (Lipinski definition) is 1. The lowest BCUT2D eigenvalue weighted by atomic mass is 10.1. The first-order valence-corrected chi connectivity index (χ1v) is 7.64. The zero-order valence-electron chi connectivity index (χ0n) is 13.1. The fourth-order valence-corrected chi connectivity index (χ4v) is 2.79. The van der Waals surface area contributed by atoms with Gasteiger partial charge >= 0.3 is 12.1 Å². The van der Waals surface area contributed by atoms with Gasteiger partial charge in [0, 0.05) is 13.6 Å². The van der Waals surface area contributed by atoms with Gasteiger partial charge in [0.15, 0.2) is 0 Å². The van der Waals surface area contributed by atoms with E-state index in [0.717, 1.165) is 23.6 Å². The number of rotatable bonds is 4. The fourth-order valence-electron chi connectivity index (χ4n) is 2.79. The van der Waals surface area contributed by atoms with Gasteiger partial charge in [-0.25, -0.2) is 0 Å². The third-order valence-electron chi connectivity index (χ3n) is 4.14. The summed E-state index contributed by atoms with van der Waals surface area (Å²) in [5, 5.41) is 0. The Bertz CT molecular complexity index is 499. The molecule has 1 amide bonds. The SMILES string of the molecule is CN(CCc1ccc([NH+]2CCCCC2)cc1)C(=O)C(F)(F)F.[Cl-]. The van der Waals surface area contributed by atoms with Crippen molar-refractivity contribution in [2.24, 2.45) is 0 Å². The van der Waals surface area contributed by atoms with Gasteiger partial charge in [0.1, 0.15) is 5.69 Å². The number of likely N-dealkylation sites (N-methyl/N-ethyl adjacent to an activating group) is 1. The molecule has 2 rings (SSSR count). The fraction of sp³-hybridized carbons (Fsp3) is 0.562. The smallest absolute Gasteiger partial charge is 0.471 e. The van der Waals surface area contributed by atoms with E-state index in [4.69, 9.17) is 0 Å². The summed E-state index contributed by atoms with van der Waals surface area (Å²) in [5.41, 5.74) is 2.19. The molecule has 1 aromatic rings. The van der Waals surface area contributed by atoms with Crippen molar-refractivity contribution in [1.82, 2.24) is 4.90 Å². The van der Waals surface area contributed by atoms with Gasteiger partial charge < -0.3 is 22.2 Å². The molecule has 1 heterocycles. The van der Waals surface area contributed by atoms with E-state index in [1.54, 1.807) is 0 Å². The Morgan fingerprint density at radius 3 is 2.22 bits per heavy atom. The molecule has 0 saturated carbocycles. The lowest BCUT2D eigenvalue weighted by Gasteiger charge is -2.23. The van der Waals surface area contributed by atoms with E-state index in [-0.39, 0.29) is 19.0 Å². The van der Waals surface area contributed by atoms with Crippen LogP contribution in [0.3, 0.4) is 0 Å². The number of carbonyl (C=O) groups excluding carboxylic acids is 1. The topological polar surface area (TPSA) is 24.8 Å². The number of nitrogens with zero attached hydrogens (tertiary/aromatic N) is 1. The van der Waals surface area contributed by atoms with Gasteiger partial charge in [0.2, 0.25) is 0 Å². The summed E-state index contributed by atoms with van der Waals surface area (Å²) in [6.07, 6.45) is -0.603. The van der Waals surface area contributed by atoms with E-state index in [0.29, 0.717) is 6.42 Å². The van der Waals surface area contributed by atoms with E-state index in [1.165, 1.54) is 36.9 Å². The second kappa shape index (κ2) is 8.55. The molecule has 0 unspecified atom stereocenters.